The first kappa shape index (κ1) is 10.0. The van der Waals surface area contributed by atoms with Crippen molar-refractivity contribution in [3.05, 3.63) is 29.3 Å². The molecule has 0 spiro atoms. The maximum Gasteiger partial charge on any atom is 0.306 e. The van der Waals surface area contributed by atoms with Crippen LogP contribution in [0.15, 0.2) is 18.2 Å². The molecule has 2 N–H and O–H groups in total. The Hall–Kier alpha value is -1.51. The Morgan fingerprint density at radius 2 is 2.07 bits per heavy atom. The van der Waals surface area contributed by atoms with Crippen LogP contribution >= 0.6 is 0 Å². The minimum absolute atomic E-state index is 0.166. The second-order valence-corrected chi connectivity index (χ2v) is 4.25. The van der Waals surface area contributed by atoms with Crippen molar-refractivity contribution in [3.8, 4) is 5.75 Å². The summed E-state index contributed by atoms with van der Waals surface area (Å²) in [5.74, 6) is -0.631. The van der Waals surface area contributed by atoms with Gasteiger partial charge in [-0.1, -0.05) is 13.0 Å². The average molecular weight is 206 g/mol. The minimum atomic E-state index is -0.739. The number of carboxylic acid groups (broad SMARTS) is 1. The number of carboxylic acids is 1. The first-order valence-corrected chi connectivity index (χ1v) is 5.11. The lowest BCUT2D eigenvalue weighted by atomic mass is 9.91. The standard InChI is InChI=1S/C12H14O3/c1-7(12(14)15)9-4-8-2-3-11(13)6-10(8)5-9/h2-3,6-7,9,13H,4-5H2,1H3,(H,14,15). The molecule has 3 heteroatoms. The monoisotopic (exact) mass is 206 g/mol. The molecule has 1 aliphatic rings. The van der Waals surface area contributed by atoms with Crippen molar-refractivity contribution in [1.82, 2.24) is 0 Å². The fourth-order valence-electron chi connectivity index (χ4n) is 2.19. The zero-order valence-corrected chi connectivity index (χ0v) is 8.60. The normalized spacial score (nSPS) is 21.0. The van der Waals surface area contributed by atoms with Gasteiger partial charge in [0.1, 0.15) is 5.75 Å². The van der Waals surface area contributed by atoms with E-state index in [1.165, 1.54) is 5.56 Å². The van der Waals surface area contributed by atoms with E-state index in [0.717, 1.165) is 18.4 Å². The fraction of sp³-hybridized carbons (Fsp3) is 0.417. The smallest absolute Gasteiger partial charge is 0.306 e. The molecule has 2 atom stereocenters. The van der Waals surface area contributed by atoms with Crippen molar-refractivity contribution in [3.63, 3.8) is 0 Å². The number of benzene rings is 1. The van der Waals surface area contributed by atoms with Gasteiger partial charge in [0.25, 0.3) is 0 Å². The average Bonchev–Trinajstić information content (AvgIpc) is 2.58. The number of hydrogen-bond donors (Lipinski definition) is 2. The van der Waals surface area contributed by atoms with Crippen molar-refractivity contribution in [2.24, 2.45) is 11.8 Å². The van der Waals surface area contributed by atoms with Crippen LogP contribution in [0.4, 0.5) is 0 Å². The Labute approximate surface area is 88.4 Å². The molecule has 0 fully saturated rings. The molecule has 1 aromatic rings. The number of phenolic OH excluding ortho intramolecular Hbond substituents is 1. The van der Waals surface area contributed by atoms with E-state index in [1.807, 2.05) is 6.07 Å². The molecule has 0 amide bonds. The van der Waals surface area contributed by atoms with Gasteiger partial charge >= 0.3 is 5.97 Å². The Bertz CT molecular complexity index is 398. The number of phenols is 1. The molecule has 0 bridgehead atoms. The Morgan fingerprint density at radius 3 is 2.73 bits per heavy atom. The van der Waals surface area contributed by atoms with Gasteiger partial charge in [-0.05, 0) is 42.0 Å². The predicted molar refractivity (Wildman–Crippen MR) is 55.8 cm³/mol. The second kappa shape index (κ2) is 3.57. The van der Waals surface area contributed by atoms with Crippen LogP contribution in [0.3, 0.4) is 0 Å². The Kier molecular flexibility index (Phi) is 2.39. The predicted octanol–water partition coefficient (Wildman–Crippen LogP) is 1.83. The summed E-state index contributed by atoms with van der Waals surface area (Å²) < 4.78 is 0. The summed E-state index contributed by atoms with van der Waals surface area (Å²) in [6.45, 7) is 1.75. The maximum absolute atomic E-state index is 10.9. The molecule has 15 heavy (non-hydrogen) atoms. The minimum Gasteiger partial charge on any atom is -0.508 e. The molecule has 2 rings (SSSR count). The molecule has 0 radical (unpaired) electrons. The van der Waals surface area contributed by atoms with Crippen LogP contribution in [0.1, 0.15) is 18.1 Å². The third kappa shape index (κ3) is 1.82. The molecule has 0 aliphatic heterocycles. The molecule has 3 nitrogen and oxygen atoms in total. The van der Waals surface area contributed by atoms with Crippen LogP contribution in [0, 0.1) is 11.8 Å². The highest BCUT2D eigenvalue weighted by molar-refractivity contribution is 5.70. The molecule has 80 valence electrons. The molecule has 0 aromatic heterocycles. The molecular weight excluding hydrogens is 192 g/mol. The summed E-state index contributed by atoms with van der Waals surface area (Å²) in [6, 6.07) is 5.29. The SMILES string of the molecule is CC(C(=O)O)C1Cc2ccc(O)cc2C1. The first-order valence-electron chi connectivity index (χ1n) is 5.11. The third-order valence-electron chi connectivity index (χ3n) is 3.25. The third-order valence-corrected chi connectivity index (χ3v) is 3.25. The van der Waals surface area contributed by atoms with Gasteiger partial charge in [-0.15, -0.1) is 0 Å². The first-order chi connectivity index (χ1) is 7.08. The van der Waals surface area contributed by atoms with Gasteiger partial charge < -0.3 is 10.2 Å². The van der Waals surface area contributed by atoms with Crippen molar-refractivity contribution in [1.29, 1.82) is 0 Å². The zero-order chi connectivity index (χ0) is 11.0. The number of rotatable bonds is 2. The van der Waals surface area contributed by atoms with Crippen molar-refractivity contribution in [2.45, 2.75) is 19.8 Å². The zero-order valence-electron chi connectivity index (χ0n) is 8.60. The van der Waals surface area contributed by atoms with E-state index in [1.54, 1.807) is 19.1 Å². The molecule has 0 heterocycles. The van der Waals surface area contributed by atoms with Crippen LogP contribution in [-0.2, 0) is 17.6 Å². The number of carbonyl (C=O) groups is 1. The summed E-state index contributed by atoms with van der Waals surface area (Å²) in [6.07, 6.45) is 1.57. The van der Waals surface area contributed by atoms with E-state index in [2.05, 4.69) is 0 Å². The van der Waals surface area contributed by atoms with Crippen molar-refractivity contribution in [2.75, 3.05) is 0 Å². The second-order valence-electron chi connectivity index (χ2n) is 4.25. The molecule has 0 saturated carbocycles. The van der Waals surface area contributed by atoms with E-state index in [-0.39, 0.29) is 17.6 Å². The summed E-state index contributed by atoms with van der Waals surface area (Å²) in [5.41, 5.74) is 2.26. The summed E-state index contributed by atoms with van der Waals surface area (Å²) >= 11 is 0. The number of fused-ring (bicyclic) bond motifs is 1. The van der Waals surface area contributed by atoms with E-state index in [0.29, 0.717) is 0 Å². The van der Waals surface area contributed by atoms with Gasteiger partial charge in [0.05, 0.1) is 5.92 Å². The van der Waals surface area contributed by atoms with Gasteiger partial charge in [-0.2, -0.15) is 0 Å². The molecular formula is C12H14O3. The van der Waals surface area contributed by atoms with Crippen LogP contribution in [0.5, 0.6) is 5.75 Å². The largest absolute Gasteiger partial charge is 0.508 e. The van der Waals surface area contributed by atoms with Crippen LogP contribution in [0.2, 0.25) is 0 Å². The highest BCUT2D eigenvalue weighted by Gasteiger charge is 2.29. The lowest BCUT2D eigenvalue weighted by Crippen LogP contribution is -2.20. The molecule has 1 aromatic carbocycles. The van der Waals surface area contributed by atoms with E-state index in [4.69, 9.17) is 5.11 Å². The van der Waals surface area contributed by atoms with Crippen molar-refractivity contribution < 1.29 is 15.0 Å². The van der Waals surface area contributed by atoms with Gasteiger partial charge in [-0.25, -0.2) is 0 Å². The van der Waals surface area contributed by atoms with Gasteiger partial charge in [0.15, 0.2) is 0 Å². The number of hydrogen-bond acceptors (Lipinski definition) is 2. The Morgan fingerprint density at radius 1 is 1.40 bits per heavy atom. The highest BCUT2D eigenvalue weighted by atomic mass is 16.4. The van der Waals surface area contributed by atoms with Gasteiger partial charge in [-0.3, -0.25) is 4.79 Å². The lowest BCUT2D eigenvalue weighted by molar-refractivity contribution is -0.142. The van der Waals surface area contributed by atoms with Crippen molar-refractivity contribution >= 4 is 5.97 Å². The molecule has 2 unspecified atom stereocenters. The van der Waals surface area contributed by atoms with E-state index >= 15 is 0 Å². The van der Waals surface area contributed by atoms with E-state index in [9.17, 15) is 9.90 Å². The van der Waals surface area contributed by atoms with Crippen LogP contribution < -0.4 is 0 Å². The lowest BCUT2D eigenvalue weighted by Gasteiger charge is -2.13. The van der Waals surface area contributed by atoms with Crippen LogP contribution in [0.25, 0.3) is 0 Å². The quantitative estimate of drug-likeness (QED) is 0.776. The molecule has 1 aliphatic carbocycles. The van der Waals surface area contributed by atoms with E-state index < -0.39 is 5.97 Å². The number of aromatic hydroxyl groups is 1. The summed E-state index contributed by atoms with van der Waals surface area (Å²) in [4.78, 5) is 10.9. The van der Waals surface area contributed by atoms with Gasteiger partial charge in [0, 0.05) is 0 Å². The van der Waals surface area contributed by atoms with Gasteiger partial charge in [0.2, 0.25) is 0 Å². The Balaban J connectivity index is 2.19. The summed E-state index contributed by atoms with van der Waals surface area (Å²) in [5, 5.41) is 18.2. The number of aliphatic carboxylic acids is 1. The topological polar surface area (TPSA) is 57.5 Å². The summed E-state index contributed by atoms with van der Waals surface area (Å²) in [7, 11) is 0. The fourth-order valence-corrected chi connectivity index (χ4v) is 2.19. The maximum atomic E-state index is 10.9. The van der Waals surface area contributed by atoms with Crippen LogP contribution in [-0.4, -0.2) is 16.2 Å². The highest BCUT2D eigenvalue weighted by Crippen LogP contribution is 2.33. The molecule has 0 saturated heterocycles.